The highest BCUT2D eigenvalue weighted by atomic mass is 35.5. The van der Waals surface area contributed by atoms with Gasteiger partial charge < -0.3 is 21.9 Å². The number of nitrogens with two attached hydrogens (primary N) is 3. The molecule has 0 amide bonds. The highest BCUT2D eigenvalue weighted by Gasteiger charge is 2.02. The second-order valence-electron chi connectivity index (χ2n) is 4.03. The Bertz CT molecular complexity index is 678. The molecule has 0 aliphatic rings. The lowest BCUT2D eigenvalue weighted by Crippen LogP contribution is -2.26. The van der Waals surface area contributed by atoms with Crippen molar-refractivity contribution in [2.24, 2.45) is 27.2 Å². The molecule has 0 aliphatic heterocycles. The van der Waals surface area contributed by atoms with Crippen LogP contribution in [0.2, 0.25) is 5.02 Å². The average Bonchev–Trinajstić information content (AvgIpc) is 2.42. The van der Waals surface area contributed by atoms with Gasteiger partial charge in [-0.05, 0) is 36.4 Å². The maximum Gasteiger partial charge on any atom is 0.223 e. The second-order valence-corrected chi connectivity index (χ2v) is 4.44. The number of guanidine groups is 2. The van der Waals surface area contributed by atoms with Crippen LogP contribution in [0.1, 0.15) is 0 Å². The summed E-state index contributed by atoms with van der Waals surface area (Å²) >= 11 is 6.02. The van der Waals surface area contributed by atoms with Crippen molar-refractivity contribution in [2.45, 2.75) is 0 Å². The van der Waals surface area contributed by atoms with Crippen LogP contribution in [0.4, 0.5) is 5.69 Å². The van der Waals surface area contributed by atoms with Crippen molar-refractivity contribution in [3.8, 4) is 11.5 Å². The van der Waals surface area contributed by atoms with Crippen molar-refractivity contribution in [3.63, 3.8) is 0 Å². The van der Waals surface area contributed by atoms with Crippen LogP contribution in [0, 0.1) is 0 Å². The maximum absolute atomic E-state index is 6.02. The first-order valence-electron chi connectivity index (χ1n) is 6.01. The number of ether oxygens (including phenoxy) is 1. The van der Waals surface area contributed by atoms with E-state index in [1.54, 1.807) is 36.4 Å². The lowest BCUT2D eigenvalue weighted by Gasteiger charge is -2.07. The Kier molecular flexibility index (Phi) is 4.63. The number of rotatable bonds is 3. The summed E-state index contributed by atoms with van der Waals surface area (Å²) in [6.07, 6.45) is 0. The number of nitrogens with zero attached hydrogens (tertiary/aromatic N) is 2. The smallest absolute Gasteiger partial charge is 0.223 e. The summed E-state index contributed by atoms with van der Waals surface area (Å²) in [6.45, 7) is 0. The van der Waals surface area contributed by atoms with Gasteiger partial charge in [-0.2, -0.15) is 4.99 Å². The van der Waals surface area contributed by atoms with Crippen molar-refractivity contribution < 1.29 is 4.74 Å². The van der Waals surface area contributed by atoms with Gasteiger partial charge in [0.25, 0.3) is 0 Å². The van der Waals surface area contributed by atoms with E-state index in [1.807, 2.05) is 12.1 Å². The predicted molar refractivity (Wildman–Crippen MR) is 85.1 cm³/mol. The fourth-order valence-corrected chi connectivity index (χ4v) is 1.71. The second kappa shape index (κ2) is 6.62. The van der Waals surface area contributed by atoms with Crippen molar-refractivity contribution in [2.75, 3.05) is 0 Å². The first-order valence-corrected chi connectivity index (χ1v) is 6.38. The largest absolute Gasteiger partial charge is 0.456 e. The number of hydrogen-bond acceptors (Lipinski definition) is 2. The van der Waals surface area contributed by atoms with Gasteiger partial charge in [-0.25, -0.2) is 4.99 Å². The van der Waals surface area contributed by atoms with E-state index in [0.29, 0.717) is 22.2 Å². The number of benzene rings is 2. The Hall–Kier alpha value is -2.73. The van der Waals surface area contributed by atoms with E-state index >= 15 is 0 Å². The van der Waals surface area contributed by atoms with Crippen molar-refractivity contribution in [1.29, 1.82) is 0 Å². The van der Waals surface area contributed by atoms with Crippen LogP contribution in [0.15, 0.2) is 58.5 Å². The van der Waals surface area contributed by atoms with Gasteiger partial charge in [-0.3, -0.25) is 0 Å². The maximum atomic E-state index is 6.02. The van der Waals surface area contributed by atoms with Gasteiger partial charge in [-0.1, -0.05) is 23.7 Å². The Morgan fingerprint density at radius 1 is 0.952 bits per heavy atom. The van der Waals surface area contributed by atoms with Crippen molar-refractivity contribution in [3.05, 3.63) is 53.6 Å². The van der Waals surface area contributed by atoms with Crippen LogP contribution in [0.25, 0.3) is 0 Å². The minimum Gasteiger partial charge on any atom is -0.456 e. The topological polar surface area (TPSA) is 112 Å². The number of hydrogen-bond donors (Lipinski definition) is 3. The van der Waals surface area contributed by atoms with Gasteiger partial charge in [-0.15, -0.1) is 0 Å². The Labute approximate surface area is 126 Å². The number of halogens is 1. The van der Waals surface area contributed by atoms with Crippen molar-refractivity contribution >= 4 is 29.2 Å². The van der Waals surface area contributed by atoms with E-state index in [1.165, 1.54) is 0 Å². The molecule has 0 atom stereocenters. The minimum atomic E-state index is -0.144. The summed E-state index contributed by atoms with van der Waals surface area (Å²) in [5.74, 6) is 1.04. The van der Waals surface area contributed by atoms with Gasteiger partial charge in [0.15, 0.2) is 5.96 Å². The highest BCUT2D eigenvalue weighted by molar-refractivity contribution is 6.32. The van der Waals surface area contributed by atoms with Crippen molar-refractivity contribution in [1.82, 2.24) is 0 Å². The Morgan fingerprint density at radius 3 is 2.24 bits per heavy atom. The zero-order valence-corrected chi connectivity index (χ0v) is 11.8. The third-order valence-electron chi connectivity index (χ3n) is 2.39. The molecule has 0 unspecified atom stereocenters. The molecule has 2 aromatic carbocycles. The van der Waals surface area contributed by atoms with E-state index < -0.39 is 0 Å². The quantitative estimate of drug-likeness (QED) is 0.596. The molecule has 0 radical (unpaired) electrons. The van der Waals surface area contributed by atoms with E-state index in [0.717, 1.165) is 0 Å². The normalized spacial score (nSPS) is 11.0. The highest BCUT2D eigenvalue weighted by Crippen LogP contribution is 2.29. The van der Waals surface area contributed by atoms with Gasteiger partial charge in [0.1, 0.15) is 11.5 Å². The van der Waals surface area contributed by atoms with Crippen LogP contribution in [0.5, 0.6) is 11.5 Å². The van der Waals surface area contributed by atoms with E-state index in [4.69, 9.17) is 33.5 Å². The molecule has 0 bridgehead atoms. The molecule has 108 valence electrons. The van der Waals surface area contributed by atoms with E-state index in [-0.39, 0.29) is 11.9 Å². The molecule has 2 aromatic rings. The summed E-state index contributed by atoms with van der Waals surface area (Å²) in [6, 6.07) is 14.1. The zero-order chi connectivity index (χ0) is 15.2. The van der Waals surface area contributed by atoms with E-state index in [2.05, 4.69) is 9.98 Å². The first kappa shape index (κ1) is 14.7. The summed E-state index contributed by atoms with van der Waals surface area (Å²) in [5, 5.41) is 0.539. The molecule has 2 rings (SSSR count). The third kappa shape index (κ3) is 4.39. The Balaban J connectivity index is 2.13. The van der Waals surface area contributed by atoms with Crippen LogP contribution in [0.3, 0.4) is 0 Å². The van der Waals surface area contributed by atoms with Gasteiger partial charge in [0.2, 0.25) is 5.96 Å². The number of aliphatic imine (C=N–C) groups is 2. The third-order valence-corrected chi connectivity index (χ3v) is 2.70. The average molecular weight is 304 g/mol. The van der Waals surface area contributed by atoms with Crippen LogP contribution in [-0.2, 0) is 0 Å². The molecule has 0 spiro atoms. The SMILES string of the molecule is NC(N)=NC(N)=Nc1ccc(Oc2ccccc2Cl)cc1. The molecule has 0 aliphatic carbocycles. The molecular formula is C14H14ClN5O. The van der Waals surface area contributed by atoms with Crippen LogP contribution >= 0.6 is 11.6 Å². The molecule has 0 aromatic heterocycles. The number of para-hydroxylation sites is 1. The van der Waals surface area contributed by atoms with E-state index in [9.17, 15) is 0 Å². The van der Waals surface area contributed by atoms with Crippen LogP contribution < -0.4 is 21.9 Å². The molecule has 0 saturated carbocycles. The molecular weight excluding hydrogens is 290 g/mol. The first-order chi connectivity index (χ1) is 10.0. The van der Waals surface area contributed by atoms with Crippen LogP contribution in [-0.4, -0.2) is 11.9 Å². The predicted octanol–water partition coefficient (Wildman–Crippen LogP) is 2.35. The molecule has 7 heteroatoms. The molecule has 6 nitrogen and oxygen atoms in total. The molecule has 21 heavy (non-hydrogen) atoms. The summed E-state index contributed by atoms with van der Waals surface area (Å²) < 4.78 is 5.65. The molecule has 0 fully saturated rings. The summed E-state index contributed by atoms with van der Waals surface area (Å²) in [5.41, 5.74) is 16.6. The molecule has 0 saturated heterocycles. The monoisotopic (exact) mass is 303 g/mol. The molecule has 6 N–H and O–H groups in total. The minimum absolute atomic E-state index is 0.0187. The fraction of sp³-hybridized carbons (Fsp3) is 0. The fourth-order valence-electron chi connectivity index (χ4n) is 1.53. The van der Waals surface area contributed by atoms with Gasteiger partial charge >= 0.3 is 0 Å². The lowest BCUT2D eigenvalue weighted by molar-refractivity contribution is 0.483. The van der Waals surface area contributed by atoms with Gasteiger partial charge in [0, 0.05) is 0 Å². The Morgan fingerprint density at radius 2 is 1.62 bits per heavy atom. The zero-order valence-electron chi connectivity index (χ0n) is 11.0. The van der Waals surface area contributed by atoms with Gasteiger partial charge in [0.05, 0.1) is 10.7 Å². The summed E-state index contributed by atoms with van der Waals surface area (Å²) in [4.78, 5) is 7.66. The standard InChI is InChI=1S/C14H14ClN5O/c15-11-3-1-2-4-12(11)21-10-7-5-9(6-8-10)19-14(18)20-13(16)17/h1-8H,(H6,16,17,18,19,20). The molecule has 0 heterocycles. The lowest BCUT2D eigenvalue weighted by atomic mass is 10.3. The summed E-state index contributed by atoms with van der Waals surface area (Å²) in [7, 11) is 0.